The minimum Gasteiger partial charge on any atom is -0.255 e. The average Bonchev–Trinajstić information content (AvgIpc) is 2.03. The Morgan fingerprint density at radius 1 is 1.15 bits per heavy atom. The lowest BCUT2D eigenvalue weighted by Crippen LogP contribution is -2.29. The second-order valence-corrected chi connectivity index (χ2v) is 11.8. The van der Waals surface area contributed by atoms with Crippen molar-refractivity contribution >= 4 is 18.9 Å². The summed E-state index contributed by atoms with van der Waals surface area (Å²) in [6.45, 7) is 6.73. The van der Waals surface area contributed by atoms with Crippen LogP contribution in [-0.2, 0) is 10.8 Å². The van der Waals surface area contributed by atoms with E-state index in [-0.39, 0.29) is 0 Å². The third-order valence-electron chi connectivity index (χ3n) is 1.57. The predicted molar refractivity (Wildman–Crippen MR) is 61.1 cm³/mol. The van der Waals surface area contributed by atoms with Crippen LogP contribution in [0.4, 0.5) is 0 Å². The van der Waals surface area contributed by atoms with Crippen LogP contribution in [-0.4, -0.2) is 17.7 Å². The van der Waals surface area contributed by atoms with E-state index in [1.54, 1.807) is 0 Å². The first-order valence-electron chi connectivity index (χ1n) is 4.42. The highest BCUT2D eigenvalue weighted by Gasteiger charge is 2.17. The van der Waals surface area contributed by atoms with E-state index in [2.05, 4.69) is 19.6 Å². The molecule has 0 radical (unpaired) electrons. The van der Waals surface area contributed by atoms with Crippen molar-refractivity contribution in [2.75, 3.05) is 5.38 Å². The van der Waals surface area contributed by atoms with E-state index in [9.17, 15) is 4.21 Å². The molecule has 0 bridgehead atoms. The maximum absolute atomic E-state index is 11.8. The van der Waals surface area contributed by atoms with Crippen LogP contribution in [0.25, 0.3) is 0 Å². The summed E-state index contributed by atoms with van der Waals surface area (Å²) in [6.07, 6.45) is 0. The van der Waals surface area contributed by atoms with E-state index in [0.29, 0.717) is 0 Å². The van der Waals surface area contributed by atoms with E-state index in [1.807, 2.05) is 30.3 Å². The molecule has 1 unspecified atom stereocenters. The Balaban J connectivity index is 2.71. The Bertz CT molecular complexity index is 290. The Kier molecular flexibility index (Phi) is 3.45. The summed E-state index contributed by atoms with van der Waals surface area (Å²) < 4.78 is 11.8. The second-order valence-electron chi connectivity index (χ2n) is 4.36. The van der Waals surface area contributed by atoms with Gasteiger partial charge < -0.3 is 0 Å². The molecule has 1 aromatic rings. The molecule has 13 heavy (non-hydrogen) atoms. The van der Waals surface area contributed by atoms with Crippen LogP contribution in [0, 0.1) is 0 Å². The van der Waals surface area contributed by atoms with Gasteiger partial charge in [0.25, 0.3) is 0 Å². The van der Waals surface area contributed by atoms with Crippen LogP contribution >= 0.6 is 0 Å². The molecule has 0 heterocycles. The number of hydrogen-bond acceptors (Lipinski definition) is 1. The highest BCUT2D eigenvalue weighted by atomic mass is 32.2. The summed E-state index contributed by atoms with van der Waals surface area (Å²) in [4.78, 5) is 0.963. The fourth-order valence-electron chi connectivity index (χ4n) is 1.05. The molecule has 0 aliphatic carbocycles. The van der Waals surface area contributed by atoms with Crippen molar-refractivity contribution in [2.45, 2.75) is 24.5 Å². The first-order valence-corrected chi connectivity index (χ1v) is 9.45. The lowest BCUT2D eigenvalue weighted by Gasteiger charge is -2.14. The van der Waals surface area contributed by atoms with Gasteiger partial charge in [0.05, 0.1) is 18.9 Å². The fourth-order valence-corrected chi connectivity index (χ4v) is 5.32. The molecule has 0 saturated heterocycles. The normalized spacial score (nSPS) is 14.1. The summed E-state index contributed by atoms with van der Waals surface area (Å²) in [6, 6.07) is 9.72. The standard InChI is InChI=1S/C10H16OSSi/c1-13(2,3)9-12(11)10-7-5-4-6-8-10/h4-8H,9H2,1-3H3. The summed E-state index contributed by atoms with van der Waals surface area (Å²) >= 11 is 0. The molecule has 0 saturated carbocycles. The van der Waals surface area contributed by atoms with Gasteiger partial charge in [-0.15, -0.1) is 0 Å². The number of rotatable bonds is 3. The molecular weight excluding hydrogens is 196 g/mol. The number of hydrogen-bond donors (Lipinski definition) is 0. The molecule has 1 aromatic carbocycles. The van der Waals surface area contributed by atoms with Crippen molar-refractivity contribution in [1.82, 2.24) is 0 Å². The van der Waals surface area contributed by atoms with Crippen LogP contribution in [0.15, 0.2) is 35.2 Å². The maximum atomic E-state index is 11.8. The van der Waals surface area contributed by atoms with Crippen LogP contribution in [0.2, 0.25) is 19.6 Å². The molecule has 0 aliphatic rings. The Morgan fingerprint density at radius 2 is 1.69 bits per heavy atom. The summed E-state index contributed by atoms with van der Waals surface area (Å²) in [5.41, 5.74) is 0. The van der Waals surface area contributed by atoms with E-state index >= 15 is 0 Å². The van der Waals surface area contributed by atoms with Crippen molar-refractivity contribution in [2.24, 2.45) is 0 Å². The van der Waals surface area contributed by atoms with Gasteiger partial charge in [0.2, 0.25) is 0 Å². The summed E-state index contributed by atoms with van der Waals surface area (Å²) in [7, 11) is -1.99. The molecule has 1 nitrogen and oxygen atoms in total. The third kappa shape index (κ3) is 3.87. The van der Waals surface area contributed by atoms with E-state index in [1.165, 1.54) is 0 Å². The van der Waals surface area contributed by atoms with E-state index in [0.717, 1.165) is 10.3 Å². The number of benzene rings is 1. The largest absolute Gasteiger partial charge is 0.255 e. The molecule has 1 atom stereocenters. The molecule has 0 N–H and O–H groups in total. The Morgan fingerprint density at radius 3 is 2.15 bits per heavy atom. The average molecular weight is 212 g/mol. The van der Waals surface area contributed by atoms with E-state index < -0.39 is 18.9 Å². The third-order valence-corrected chi connectivity index (χ3v) is 6.88. The molecule has 0 spiro atoms. The second kappa shape index (κ2) is 4.20. The smallest absolute Gasteiger partial charge is 0.0586 e. The zero-order valence-corrected chi connectivity index (χ0v) is 10.2. The van der Waals surface area contributed by atoms with E-state index in [4.69, 9.17) is 0 Å². The molecule has 1 rings (SSSR count). The van der Waals surface area contributed by atoms with Gasteiger partial charge in [0.15, 0.2) is 0 Å². The van der Waals surface area contributed by atoms with Crippen LogP contribution in [0.3, 0.4) is 0 Å². The van der Waals surface area contributed by atoms with Crippen molar-refractivity contribution in [1.29, 1.82) is 0 Å². The zero-order valence-electron chi connectivity index (χ0n) is 8.41. The van der Waals surface area contributed by atoms with Gasteiger partial charge in [-0.1, -0.05) is 37.8 Å². The Labute approximate surface area is 83.6 Å². The van der Waals surface area contributed by atoms with Crippen molar-refractivity contribution in [3.63, 3.8) is 0 Å². The molecule has 0 aliphatic heterocycles. The van der Waals surface area contributed by atoms with Gasteiger partial charge in [0, 0.05) is 10.3 Å². The fraction of sp³-hybridized carbons (Fsp3) is 0.400. The van der Waals surface area contributed by atoms with Gasteiger partial charge in [-0.2, -0.15) is 0 Å². The van der Waals surface area contributed by atoms with Gasteiger partial charge in [-0.3, -0.25) is 4.21 Å². The van der Waals surface area contributed by atoms with Crippen molar-refractivity contribution in [3.05, 3.63) is 30.3 Å². The summed E-state index contributed by atoms with van der Waals surface area (Å²) in [5.74, 6) is 0. The highest BCUT2D eigenvalue weighted by Crippen LogP contribution is 2.11. The first-order chi connectivity index (χ1) is 5.99. The van der Waals surface area contributed by atoms with Crippen LogP contribution in [0.1, 0.15) is 0 Å². The minimum absolute atomic E-state index is 0.791. The van der Waals surface area contributed by atoms with Crippen LogP contribution in [0.5, 0.6) is 0 Å². The van der Waals surface area contributed by atoms with Crippen LogP contribution < -0.4 is 0 Å². The lowest BCUT2D eigenvalue weighted by molar-refractivity contribution is 0.685. The Hall–Kier alpha value is -0.413. The lowest BCUT2D eigenvalue weighted by atomic mass is 10.4. The van der Waals surface area contributed by atoms with Gasteiger partial charge in [-0.05, 0) is 12.1 Å². The monoisotopic (exact) mass is 212 g/mol. The van der Waals surface area contributed by atoms with Gasteiger partial charge in [0.1, 0.15) is 0 Å². The topological polar surface area (TPSA) is 17.1 Å². The SMILES string of the molecule is C[Si](C)(C)CS(=O)c1ccccc1. The molecular formula is C10H16OSSi. The molecule has 0 fully saturated rings. The van der Waals surface area contributed by atoms with Crippen molar-refractivity contribution in [3.8, 4) is 0 Å². The minimum atomic E-state index is -1.20. The summed E-state index contributed by atoms with van der Waals surface area (Å²) in [5, 5.41) is 0.858. The predicted octanol–water partition coefficient (Wildman–Crippen LogP) is 2.67. The highest BCUT2D eigenvalue weighted by molar-refractivity contribution is 7.87. The zero-order chi connectivity index (χ0) is 9.90. The molecule has 0 aromatic heterocycles. The quantitative estimate of drug-likeness (QED) is 0.704. The molecule has 0 amide bonds. The molecule has 3 heteroatoms. The first kappa shape index (κ1) is 10.7. The van der Waals surface area contributed by atoms with Crippen molar-refractivity contribution < 1.29 is 4.21 Å². The molecule has 72 valence electrons. The van der Waals surface area contributed by atoms with Gasteiger partial charge in [-0.25, -0.2) is 0 Å². The maximum Gasteiger partial charge on any atom is 0.0586 e. The van der Waals surface area contributed by atoms with Gasteiger partial charge >= 0.3 is 0 Å².